The molecule has 0 aliphatic carbocycles. The van der Waals surface area contributed by atoms with E-state index in [1.807, 2.05) is 24.3 Å². The number of furan rings is 2. The van der Waals surface area contributed by atoms with E-state index in [0.29, 0.717) is 0 Å². The third-order valence-electron chi connectivity index (χ3n) is 22.9. The van der Waals surface area contributed by atoms with Crippen molar-refractivity contribution in [3.05, 3.63) is 425 Å². The van der Waals surface area contributed by atoms with Crippen molar-refractivity contribution >= 4 is 122 Å². The Hall–Kier alpha value is -15.2. The van der Waals surface area contributed by atoms with Gasteiger partial charge in [0.2, 0.25) is 0 Å². The molecule has 0 fully saturated rings. The highest BCUT2D eigenvalue weighted by Gasteiger charge is 2.22. The predicted molar refractivity (Wildman–Crippen MR) is 477 cm³/mol. The molecule has 22 rings (SSSR count). The summed E-state index contributed by atoms with van der Waals surface area (Å²) in [5.41, 5.74) is 32.7. The van der Waals surface area contributed by atoms with E-state index in [9.17, 15) is 0 Å². The lowest BCUT2D eigenvalue weighted by molar-refractivity contribution is 0.668. The van der Waals surface area contributed by atoms with Crippen molar-refractivity contribution < 1.29 is 8.83 Å². The number of rotatable bonds is 15. The molecule has 0 aliphatic heterocycles. The average molecular weight is 1460 g/mol. The largest absolute Gasteiger partial charge is 0.456 e. The zero-order valence-electron chi connectivity index (χ0n) is 62.0. The first kappa shape index (κ1) is 65.8. The summed E-state index contributed by atoms with van der Waals surface area (Å²) in [5.74, 6) is 0. The molecule has 0 saturated heterocycles. The SMILES string of the molecule is c1ccc(-c2ccc(-c3ccc(N(c4ccc(-c5ccc6c(c5)oc5ccccc56)cc4)c4cccc(-n5c6ccccc6c6cc(-c7ccc(-c8ccc(-c9cccc(N(c%10ccc(-c%11ccc%12c(c%11)oc%11ccccc%11%12)cc%10)c%10cccc(-n%11c%12ccccc%12c%12ccccc%12%11)c%10)c9)cc8)cc7)ccc65)c4)cc3)cc2)cc1. The monoisotopic (exact) mass is 1450 g/mol. The molecule has 6 nitrogen and oxygen atoms in total. The standard InChI is InChI=1S/C108H70N4O2/c1-2-17-71(18-3-1)72-35-37-75(38-36-72)76-47-56-85(57-48-76)109(86-58-49-79(50-59-86)83-53-62-98-96-28-7-12-33-105(96)113-107(98)67-83)89-21-15-24-92(69-89)112-103-32-11-6-27-95(103)100-66-82(55-64-104(100)112)78-45-41-74(42-46-78)73-39-43-77(44-40-73)81-19-14-20-88(65-81)110(87-60-51-80(52-61-87)84-54-63-99-97-29-8-13-34-106(97)114-108(99)68-84)90-22-16-23-91(70-90)111-101-30-9-4-25-93(101)94-26-5-10-31-102(94)111/h1-70H. The molecular weight excluding hydrogens is 1390 g/mol. The fraction of sp³-hybridized carbons (Fsp3) is 0. The first-order valence-corrected chi connectivity index (χ1v) is 38.9. The molecule has 0 atom stereocenters. The molecule has 0 aliphatic rings. The van der Waals surface area contributed by atoms with Gasteiger partial charge in [0.05, 0.1) is 22.1 Å². The van der Waals surface area contributed by atoms with E-state index in [1.54, 1.807) is 0 Å². The molecule has 0 saturated carbocycles. The number of hydrogen-bond acceptors (Lipinski definition) is 4. The first-order chi connectivity index (χ1) is 56.5. The minimum Gasteiger partial charge on any atom is -0.456 e. The maximum absolute atomic E-state index is 6.35. The van der Waals surface area contributed by atoms with Gasteiger partial charge in [-0.25, -0.2) is 0 Å². The third-order valence-corrected chi connectivity index (χ3v) is 22.9. The first-order valence-electron chi connectivity index (χ1n) is 38.9. The highest BCUT2D eigenvalue weighted by Crippen LogP contribution is 2.45. The minimum atomic E-state index is 0.883. The third kappa shape index (κ3) is 11.6. The van der Waals surface area contributed by atoms with Gasteiger partial charge in [-0.1, -0.05) is 273 Å². The lowest BCUT2D eigenvalue weighted by atomic mass is 9.97. The Morgan fingerprint density at radius 2 is 0.421 bits per heavy atom. The van der Waals surface area contributed by atoms with Crippen LogP contribution in [0.3, 0.4) is 0 Å². The van der Waals surface area contributed by atoms with Gasteiger partial charge in [0.1, 0.15) is 22.3 Å². The van der Waals surface area contributed by atoms with E-state index in [4.69, 9.17) is 8.83 Å². The Morgan fingerprint density at radius 3 is 0.851 bits per heavy atom. The number of fused-ring (bicyclic) bond motifs is 12. The summed E-state index contributed by atoms with van der Waals surface area (Å²) in [5, 5.41) is 9.35. The van der Waals surface area contributed by atoms with Crippen LogP contribution in [0.4, 0.5) is 34.1 Å². The van der Waals surface area contributed by atoms with Crippen LogP contribution in [0.2, 0.25) is 0 Å². The van der Waals surface area contributed by atoms with E-state index in [1.165, 1.54) is 49.3 Å². The van der Waals surface area contributed by atoms with E-state index >= 15 is 0 Å². The highest BCUT2D eigenvalue weighted by molar-refractivity contribution is 6.12. The van der Waals surface area contributed by atoms with Gasteiger partial charge in [-0.2, -0.15) is 0 Å². The van der Waals surface area contributed by atoms with Crippen LogP contribution in [0.15, 0.2) is 433 Å². The van der Waals surface area contributed by atoms with E-state index in [-0.39, 0.29) is 0 Å². The predicted octanol–water partition coefficient (Wildman–Crippen LogP) is 30.3. The second-order valence-corrected chi connectivity index (χ2v) is 29.6. The van der Waals surface area contributed by atoms with Gasteiger partial charge in [0.25, 0.3) is 0 Å². The number of nitrogens with zero attached hydrogens (tertiary/aromatic N) is 4. The number of para-hydroxylation sites is 5. The van der Waals surface area contributed by atoms with Crippen LogP contribution in [0.25, 0.3) is 177 Å². The lowest BCUT2D eigenvalue weighted by Gasteiger charge is -2.27. The average Bonchev–Trinajstić information content (AvgIpc) is 1.59. The second kappa shape index (κ2) is 27.4. The molecule has 0 N–H and O–H groups in total. The lowest BCUT2D eigenvalue weighted by Crippen LogP contribution is -2.10. The van der Waals surface area contributed by atoms with Crippen molar-refractivity contribution in [3.8, 4) is 89.3 Å². The van der Waals surface area contributed by atoms with Crippen LogP contribution in [-0.2, 0) is 0 Å². The Bertz CT molecular complexity index is 7380. The highest BCUT2D eigenvalue weighted by atomic mass is 16.3. The zero-order chi connectivity index (χ0) is 75.2. The van der Waals surface area contributed by atoms with E-state index < -0.39 is 0 Å². The van der Waals surface area contributed by atoms with Gasteiger partial charge in [-0.3, -0.25) is 0 Å². The van der Waals surface area contributed by atoms with Crippen LogP contribution >= 0.6 is 0 Å². The smallest absolute Gasteiger partial charge is 0.136 e. The number of benzene rings is 18. The fourth-order valence-corrected chi connectivity index (χ4v) is 17.3. The summed E-state index contributed by atoms with van der Waals surface area (Å²) in [6, 6.07) is 154. The molecule has 4 aromatic heterocycles. The van der Waals surface area contributed by atoms with Gasteiger partial charge < -0.3 is 27.8 Å². The Labute approximate surface area is 659 Å². The van der Waals surface area contributed by atoms with Gasteiger partial charge >= 0.3 is 0 Å². The Kier molecular flexibility index (Phi) is 15.8. The topological polar surface area (TPSA) is 42.6 Å². The maximum atomic E-state index is 6.35. The van der Waals surface area contributed by atoms with Crippen LogP contribution in [-0.4, -0.2) is 9.13 Å². The van der Waals surface area contributed by atoms with Gasteiger partial charge in [-0.05, 0) is 230 Å². The Balaban J connectivity index is 0.560. The Morgan fingerprint density at radius 1 is 0.149 bits per heavy atom. The molecule has 0 unspecified atom stereocenters. The summed E-state index contributed by atoms with van der Waals surface area (Å²) in [6.45, 7) is 0. The van der Waals surface area contributed by atoms with Crippen LogP contribution < -0.4 is 9.80 Å². The van der Waals surface area contributed by atoms with Crippen LogP contribution in [0.1, 0.15) is 0 Å². The van der Waals surface area contributed by atoms with Gasteiger partial charge in [0, 0.05) is 88.6 Å². The summed E-state index contributed by atoms with van der Waals surface area (Å²) in [4.78, 5) is 4.75. The molecule has 4 heterocycles. The normalized spacial score (nSPS) is 11.7. The fourth-order valence-electron chi connectivity index (χ4n) is 17.3. The summed E-state index contributed by atoms with van der Waals surface area (Å²) >= 11 is 0. The molecule has 0 amide bonds. The molecule has 0 bridgehead atoms. The van der Waals surface area contributed by atoms with Crippen molar-refractivity contribution in [1.29, 1.82) is 0 Å². The van der Waals surface area contributed by atoms with E-state index in [0.717, 1.165) is 162 Å². The molecule has 22 aromatic rings. The van der Waals surface area contributed by atoms with Crippen molar-refractivity contribution in [2.45, 2.75) is 0 Å². The number of hydrogen-bond donors (Lipinski definition) is 0. The van der Waals surface area contributed by atoms with Crippen LogP contribution in [0, 0.1) is 0 Å². The van der Waals surface area contributed by atoms with E-state index in [2.05, 4.69) is 419 Å². The second-order valence-electron chi connectivity index (χ2n) is 29.6. The number of aromatic nitrogens is 2. The molecular formula is C108H70N4O2. The van der Waals surface area contributed by atoms with Crippen LogP contribution in [0.5, 0.6) is 0 Å². The molecule has 18 aromatic carbocycles. The molecule has 0 spiro atoms. The summed E-state index contributed by atoms with van der Waals surface area (Å²) in [7, 11) is 0. The van der Waals surface area contributed by atoms with Crippen molar-refractivity contribution in [2.24, 2.45) is 0 Å². The molecule has 534 valence electrons. The van der Waals surface area contributed by atoms with Crippen molar-refractivity contribution in [1.82, 2.24) is 9.13 Å². The minimum absolute atomic E-state index is 0.883. The van der Waals surface area contributed by atoms with Gasteiger partial charge in [0.15, 0.2) is 0 Å². The summed E-state index contributed by atoms with van der Waals surface area (Å²) in [6.07, 6.45) is 0. The molecule has 114 heavy (non-hydrogen) atoms. The van der Waals surface area contributed by atoms with Gasteiger partial charge in [-0.15, -0.1) is 0 Å². The maximum Gasteiger partial charge on any atom is 0.136 e. The van der Waals surface area contributed by atoms with Crippen molar-refractivity contribution in [2.75, 3.05) is 9.80 Å². The zero-order valence-corrected chi connectivity index (χ0v) is 62.0. The number of anilines is 6. The molecule has 0 radical (unpaired) electrons. The van der Waals surface area contributed by atoms with Crippen molar-refractivity contribution in [3.63, 3.8) is 0 Å². The summed E-state index contributed by atoms with van der Waals surface area (Å²) < 4.78 is 17.5. The quantitative estimate of drug-likeness (QED) is 0.103. The molecule has 6 heteroatoms.